The number of aromatic nitrogens is 2. The summed E-state index contributed by atoms with van der Waals surface area (Å²) in [6.07, 6.45) is 4.86. The number of anilines is 2. The first-order valence-corrected chi connectivity index (χ1v) is 7.23. The molecule has 0 radical (unpaired) electrons. The molecule has 1 atom stereocenters. The van der Waals surface area contributed by atoms with Crippen LogP contribution in [0.2, 0.25) is 0 Å². The second kappa shape index (κ2) is 6.35. The zero-order valence-electron chi connectivity index (χ0n) is 12.4. The molecule has 0 aliphatic carbocycles. The standard InChI is InChI=1S/C14H23FN4O/c1-4-14(5-2)8-10(6-7-20-14)18-12-11(15)9-17-13(16-3)19-12/h9-10H,4-8H2,1-3H3,(H2,16,17,18,19). The molecule has 1 aromatic heterocycles. The highest BCUT2D eigenvalue weighted by Gasteiger charge is 2.34. The van der Waals surface area contributed by atoms with Gasteiger partial charge in [0, 0.05) is 19.7 Å². The molecule has 0 saturated carbocycles. The molecule has 0 spiro atoms. The van der Waals surface area contributed by atoms with Crippen LogP contribution in [0.5, 0.6) is 0 Å². The second-order valence-electron chi connectivity index (χ2n) is 5.21. The molecule has 20 heavy (non-hydrogen) atoms. The van der Waals surface area contributed by atoms with Crippen LogP contribution < -0.4 is 10.6 Å². The fraction of sp³-hybridized carbons (Fsp3) is 0.714. The van der Waals surface area contributed by atoms with Crippen molar-refractivity contribution in [3.8, 4) is 0 Å². The predicted molar refractivity (Wildman–Crippen MR) is 77.4 cm³/mol. The number of nitrogens with one attached hydrogen (secondary N) is 2. The van der Waals surface area contributed by atoms with Crippen LogP contribution in [0.1, 0.15) is 39.5 Å². The van der Waals surface area contributed by atoms with Crippen LogP contribution in [-0.4, -0.2) is 35.3 Å². The van der Waals surface area contributed by atoms with Gasteiger partial charge in [-0.05, 0) is 25.7 Å². The third-order valence-corrected chi connectivity index (χ3v) is 4.09. The molecule has 1 unspecified atom stereocenters. The third-order valence-electron chi connectivity index (χ3n) is 4.09. The van der Waals surface area contributed by atoms with Crippen molar-refractivity contribution in [1.82, 2.24) is 9.97 Å². The van der Waals surface area contributed by atoms with Crippen molar-refractivity contribution in [1.29, 1.82) is 0 Å². The zero-order chi connectivity index (χ0) is 14.6. The van der Waals surface area contributed by atoms with E-state index < -0.39 is 5.82 Å². The van der Waals surface area contributed by atoms with Crippen molar-refractivity contribution in [2.24, 2.45) is 0 Å². The van der Waals surface area contributed by atoms with Gasteiger partial charge in [0.2, 0.25) is 5.95 Å². The maximum atomic E-state index is 13.8. The monoisotopic (exact) mass is 282 g/mol. The normalized spacial score (nSPS) is 21.5. The lowest BCUT2D eigenvalue weighted by atomic mass is 9.86. The van der Waals surface area contributed by atoms with Crippen LogP contribution in [0, 0.1) is 5.82 Å². The molecular formula is C14H23FN4O. The largest absolute Gasteiger partial charge is 0.375 e. The molecule has 2 N–H and O–H groups in total. The molecule has 5 nitrogen and oxygen atoms in total. The summed E-state index contributed by atoms with van der Waals surface area (Å²) in [5.41, 5.74) is -0.0920. The van der Waals surface area contributed by atoms with Gasteiger partial charge in [-0.1, -0.05) is 13.8 Å². The SMILES string of the molecule is CCC1(CC)CC(Nc2nc(NC)ncc2F)CCO1. The lowest BCUT2D eigenvalue weighted by molar-refractivity contribution is -0.0865. The van der Waals surface area contributed by atoms with Gasteiger partial charge in [-0.2, -0.15) is 4.98 Å². The van der Waals surface area contributed by atoms with Crippen LogP contribution in [0.3, 0.4) is 0 Å². The van der Waals surface area contributed by atoms with E-state index in [0.29, 0.717) is 12.6 Å². The van der Waals surface area contributed by atoms with Crippen molar-refractivity contribution >= 4 is 11.8 Å². The Balaban J connectivity index is 2.09. The summed E-state index contributed by atoms with van der Waals surface area (Å²) in [7, 11) is 1.71. The number of hydrogen-bond donors (Lipinski definition) is 2. The average Bonchev–Trinajstić information content (AvgIpc) is 2.49. The Morgan fingerprint density at radius 1 is 1.45 bits per heavy atom. The van der Waals surface area contributed by atoms with Gasteiger partial charge in [0.15, 0.2) is 11.6 Å². The molecule has 1 aliphatic rings. The quantitative estimate of drug-likeness (QED) is 0.869. The third kappa shape index (κ3) is 3.17. The van der Waals surface area contributed by atoms with E-state index in [1.165, 1.54) is 6.20 Å². The van der Waals surface area contributed by atoms with E-state index in [9.17, 15) is 4.39 Å². The summed E-state index contributed by atoms with van der Waals surface area (Å²) in [5, 5.41) is 6.02. The summed E-state index contributed by atoms with van der Waals surface area (Å²) < 4.78 is 19.7. The average molecular weight is 282 g/mol. The second-order valence-corrected chi connectivity index (χ2v) is 5.21. The minimum absolute atomic E-state index is 0.0920. The van der Waals surface area contributed by atoms with Gasteiger partial charge in [0.25, 0.3) is 0 Å². The molecule has 1 aromatic rings. The summed E-state index contributed by atoms with van der Waals surface area (Å²) in [4.78, 5) is 7.98. The van der Waals surface area contributed by atoms with E-state index in [2.05, 4.69) is 34.4 Å². The number of halogens is 1. The highest BCUT2D eigenvalue weighted by atomic mass is 19.1. The highest BCUT2D eigenvalue weighted by Crippen LogP contribution is 2.32. The summed E-state index contributed by atoms with van der Waals surface area (Å²) in [5.74, 6) is 0.254. The molecule has 0 aromatic carbocycles. The molecule has 1 saturated heterocycles. The molecule has 0 bridgehead atoms. The number of hydrogen-bond acceptors (Lipinski definition) is 5. The van der Waals surface area contributed by atoms with Gasteiger partial charge in [-0.3, -0.25) is 0 Å². The van der Waals surface area contributed by atoms with Crippen molar-refractivity contribution in [2.75, 3.05) is 24.3 Å². The number of rotatable bonds is 5. The van der Waals surface area contributed by atoms with Crippen LogP contribution in [-0.2, 0) is 4.74 Å². The van der Waals surface area contributed by atoms with E-state index in [1.807, 2.05) is 0 Å². The summed E-state index contributed by atoms with van der Waals surface area (Å²) >= 11 is 0. The lowest BCUT2D eigenvalue weighted by Gasteiger charge is -2.40. The minimum atomic E-state index is -0.422. The smallest absolute Gasteiger partial charge is 0.224 e. The topological polar surface area (TPSA) is 59.1 Å². The molecule has 1 fully saturated rings. The minimum Gasteiger partial charge on any atom is -0.375 e. The van der Waals surface area contributed by atoms with Gasteiger partial charge >= 0.3 is 0 Å². The molecular weight excluding hydrogens is 259 g/mol. The molecule has 2 rings (SSSR count). The Bertz CT molecular complexity index is 451. The molecule has 6 heteroatoms. The van der Waals surface area contributed by atoms with Crippen molar-refractivity contribution in [3.05, 3.63) is 12.0 Å². The van der Waals surface area contributed by atoms with Crippen molar-refractivity contribution in [3.63, 3.8) is 0 Å². The first-order chi connectivity index (χ1) is 9.62. The van der Waals surface area contributed by atoms with Crippen molar-refractivity contribution in [2.45, 2.75) is 51.2 Å². The van der Waals surface area contributed by atoms with Gasteiger partial charge in [0.05, 0.1) is 11.8 Å². The molecule has 1 aliphatic heterocycles. The van der Waals surface area contributed by atoms with E-state index in [1.54, 1.807) is 7.05 Å². The van der Waals surface area contributed by atoms with Crippen molar-refractivity contribution < 1.29 is 9.13 Å². The van der Waals surface area contributed by atoms with Crippen LogP contribution in [0.4, 0.5) is 16.2 Å². The maximum absolute atomic E-state index is 13.8. The fourth-order valence-electron chi connectivity index (χ4n) is 2.68. The Morgan fingerprint density at radius 3 is 2.85 bits per heavy atom. The van der Waals surface area contributed by atoms with Gasteiger partial charge < -0.3 is 15.4 Å². The molecule has 0 amide bonds. The number of ether oxygens (including phenoxy) is 1. The number of nitrogens with zero attached hydrogens (tertiary/aromatic N) is 2. The fourth-order valence-corrected chi connectivity index (χ4v) is 2.68. The van der Waals surface area contributed by atoms with E-state index >= 15 is 0 Å². The predicted octanol–water partition coefficient (Wildman–Crippen LogP) is 2.81. The Kier molecular flexibility index (Phi) is 4.75. The Hall–Kier alpha value is -1.43. The first-order valence-electron chi connectivity index (χ1n) is 7.23. The lowest BCUT2D eigenvalue weighted by Crippen LogP contribution is -2.43. The summed E-state index contributed by atoms with van der Waals surface area (Å²) in [6.45, 7) is 4.97. The van der Waals surface area contributed by atoms with E-state index in [-0.39, 0.29) is 17.5 Å². The molecule has 112 valence electrons. The van der Waals surface area contributed by atoms with E-state index in [4.69, 9.17) is 4.74 Å². The van der Waals surface area contributed by atoms with Crippen LogP contribution in [0.25, 0.3) is 0 Å². The van der Waals surface area contributed by atoms with Gasteiger partial charge in [0.1, 0.15) is 0 Å². The zero-order valence-corrected chi connectivity index (χ0v) is 12.4. The molecule has 2 heterocycles. The first kappa shape index (κ1) is 15.0. The Morgan fingerprint density at radius 2 is 2.20 bits per heavy atom. The Labute approximate surface area is 119 Å². The maximum Gasteiger partial charge on any atom is 0.224 e. The van der Waals surface area contributed by atoms with Crippen LogP contribution in [0.15, 0.2) is 6.20 Å². The summed E-state index contributed by atoms with van der Waals surface area (Å²) in [6, 6.07) is 0.178. The van der Waals surface area contributed by atoms with Crippen LogP contribution >= 0.6 is 0 Å². The van der Waals surface area contributed by atoms with Gasteiger partial charge in [-0.25, -0.2) is 9.37 Å². The highest BCUT2D eigenvalue weighted by molar-refractivity contribution is 5.41. The van der Waals surface area contributed by atoms with E-state index in [0.717, 1.165) is 25.7 Å². The van der Waals surface area contributed by atoms with Gasteiger partial charge in [-0.15, -0.1) is 0 Å².